The summed E-state index contributed by atoms with van der Waals surface area (Å²) in [6, 6.07) is 8.39. The SMILES string of the molecule is COc1ccc(O)c(OC)c1[S+]([O-])Nc1noc2cc(Cn3cccn3)cc(OC)c12. The Balaban J connectivity index is 1.70. The van der Waals surface area contributed by atoms with Gasteiger partial charge in [0.05, 0.1) is 27.9 Å². The molecule has 11 heteroatoms. The lowest BCUT2D eigenvalue weighted by molar-refractivity contribution is 0.347. The Morgan fingerprint density at radius 3 is 2.65 bits per heavy atom. The quantitative estimate of drug-likeness (QED) is 0.394. The highest BCUT2D eigenvalue weighted by Gasteiger charge is 2.29. The van der Waals surface area contributed by atoms with Gasteiger partial charge in [-0.2, -0.15) is 9.82 Å². The summed E-state index contributed by atoms with van der Waals surface area (Å²) in [6.45, 7) is 0.520. The molecule has 1 unspecified atom stereocenters. The van der Waals surface area contributed by atoms with Crippen molar-refractivity contribution in [2.45, 2.75) is 11.4 Å². The van der Waals surface area contributed by atoms with Crippen LogP contribution in [0.2, 0.25) is 0 Å². The van der Waals surface area contributed by atoms with Gasteiger partial charge in [0.1, 0.15) is 22.5 Å². The van der Waals surface area contributed by atoms with Crippen molar-refractivity contribution in [2.24, 2.45) is 0 Å². The topological polar surface area (TPSA) is 127 Å². The molecule has 2 aromatic carbocycles. The standard InChI is InChI=1S/C20H20N4O6S/c1-27-14-6-5-13(25)18(29-3)19(14)31(26)23-20-17-15(28-2)9-12(10-16(17)30-22-20)11-24-8-4-7-21-24/h4-10,25H,11H2,1-3H3,(H,22,23). The van der Waals surface area contributed by atoms with Crippen LogP contribution in [0.4, 0.5) is 5.82 Å². The Kier molecular flexibility index (Phi) is 5.78. The van der Waals surface area contributed by atoms with Crippen LogP contribution < -0.4 is 18.9 Å². The van der Waals surface area contributed by atoms with Crippen LogP contribution in [0.25, 0.3) is 11.0 Å². The minimum atomic E-state index is -1.90. The number of benzene rings is 2. The molecule has 0 amide bonds. The molecule has 0 aliphatic carbocycles. The predicted molar refractivity (Wildman–Crippen MR) is 113 cm³/mol. The average molecular weight is 444 g/mol. The summed E-state index contributed by atoms with van der Waals surface area (Å²) in [4.78, 5) is 0.135. The van der Waals surface area contributed by atoms with Crippen LogP contribution in [0.5, 0.6) is 23.0 Å². The maximum atomic E-state index is 13.1. The zero-order valence-corrected chi connectivity index (χ0v) is 17.8. The van der Waals surface area contributed by atoms with E-state index >= 15 is 0 Å². The number of aromatic hydroxyl groups is 1. The Hall–Kier alpha value is -3.57. The highest BCUT2D eigenvalue weighted by Crippen LogP contribution is 2.42. The molecule has 1 atom stereocenters. The van der Waals surface area contributed by atoms with Crippen molar-refractivity contribution in [3.05, 3.63) is 48.3 Å². The van der Waals surface area contributed by atoms with Gasteiger partial charge >= 0.3 is 0 Å². The van der Waals surface area contributed by atoms with Crippen molar-refractivity contribution in [2.75, 3.05) is 26.1 Å². The first-order valence-corrected chi connectivity index (χ1v) is 10.3. The predicted octanol–water partition coefficient (Wildman–Crippen LogP) is 2.94. The van der Waals surface area contributed by atoms with Crippen LogP contribution in [0.15, 0.2) is 52.1 Å². The van der Waals surface area contributed by atoms with E-state index in [1.165, 1.54) is 33.5 Å². The molecule has 0 radical (unpaired) electrons. The van der Waals surface area contributed by atoms with Gasteiger partial charge < -0.3 is 28.4 Å². The second kappa shape index (κ2) is 8.66. The summed E-state index contributed by atoms with van der Waals surface area (Å²) >= 11 is -1.90. The van der Waals surface area contributed by atoms with Gasteiger partial charge in [-0.15, -0.1) is 0 Å². The van der Waals surface area contributed by atoms with Crippen molar-refractivity contribution in [3.8, 4) is 23.0 Å². The number of phenolic OH excluding ortho intramolecular Hbond substituents is 1. The van der Waals surface area contributed by atoms with E-state index in [0.29, 0.717) is 23.3 Å². The van der Waals surface area contributed by atoms with Crippen LogP contribution in [0.3, 0.4) is 0 Å². The highest BCUT2D eigenvalue weighted by molar-refractivity contribution is 7.93. The lowest BCUT2D eigenvalue weighted by Crippen LogP contribution is -2.16. The molecule has 2 aromatic heterocycles. The number of aromatic nitrogens is 3. The van der Waals surface area contributed by atoms with Gasteiger partial charge in [-0.25, -0.2) is 0 Å². The second-order valence-corrected chi connectivity index (χ2v) is 7.58. The van der Waals surface area contributed by atoms with E-state index < -0.39 is 11.4 Å². The number of phenols is 1. The molecule has 0 bridgehead atoms. The number of anilines is 1. The molecule has 0 saturated carbocycles. The van der Waals surface area contributed by atoms with E-state index in [0.717, 1.165) is 5.56 Å². The third kappa shape index (κ3) is 3.92. The number of nitrogens with zero attached hydrogens (tertiary/aromatic N) is 3. The first-order valence-electron chi connectivity index (χ1n) is 9.11. The Morgan fingerprint density at radius 1 is 1.16 bits per heavy atom. The molecule has 0 aliphatic rings. The number of ether oxygens (including phenoxy) is 3. The average Bonchev–Trinajstić information content (AvgIpc) is 3.43. The fraction of sp³-hybridized carbons (Fsp3) is 0.200. The van der Waals surface area contributed by atoms with Crippen LogP contribution >= 0.6 is 0 Å². The van der Waals surface area contributed by atoms with Crippen molar-refractivity contribution in [1.82, 2.24) is 14.9 Å². The molecular weight excluding hydrogens is 424 g/mol. The van der Waals surface area contributed by atoms with E-state index in [-0.39, 0.29) is 28.0 Å². The molecule has 0 spiro atoms. The van der Waals surface area contributed by atoms with E-state index in [9.17, 15) is 9.66 Å². The van der Waals surface area contributed by atoms with E-state index in [1.807, 2.05) is 24.4 Å². The number of hydrogen-bond donors (Lipinski definition) is 2. The maximum Gasteiger partial charge on any atom is 0.267 e. The number of nitrogens with one attached hydrogen (secondary N) is 1. The molecule has 4 rings (SSSR count). The van der Waals surface area contributed by atoms with E-state index in [1.54, 1.807) is 10.9 Å². The van der Waals surface area contributed by atoms with Gasteiger partial charge in [0, 0.05) is 12.4 Å². The van der Waals surface area contributed by atoms with Crippen LogP contribution in [0, 0.1) is 0 Å². The monoisotopic (exact) mass is 444 g/mol. The summed E-state index contributed by atoms with van der Waals surface area (Å²) in [5.41, 5.74) is 1.35. The summed E-state index contributed by atoms with van der Waals surface area (Å²) in [5, 5.41) is 18.8. The van der Waals surface area contributed by atoms with Crippen molar-refractivity contribution in [1.29, 1.82) is 0 Å². The Bertz CT molecular complexity index is 1190. The number of methoxy groups -OCH3 is 3. The van der Waals surface area contributed by atoms with Gasteiger partial charge in [-0.05, 0) is 35.9 Å². The summed E-state index contributed by atoms with van der Waals surface area (Å²) in [6.07, 6.45) is 3.55. The first kappa shape index (κ1) is 20.7. The van der Waals surface area contributed by atoms with Crippen LogP contribution in [-0.2, 0) is 17.9 Å². The number of hydrogen-bond acceptors (Lipinski definition) is 9. The highest BCUT2D eigenvalue weighted by atomic mass is 32.2. The van der Waals surface area contributed by atoms with Crippen LogP contribution in [-0.4, -0.2) is 45.9 Å². The van der Waals surface area contributed by atoms with E-state index in [4.69, 9.17) is 18.7 Å². The van der Waals surface area contributed by atoms with Crippen molar-refractivity contribution in [3.63, 3.8) is 0 Å². The molecular formula is C20H20N4O6S. The third-order valence-electron chi connectivity index (χ3n) is 4.58. The van der Waals surface area contributed by atoms with Crippen LogP contribution in [0.1, 0.15) is 5.56 Å². The van der Waals surface area contributed by atoms with Gasteiger partial charge in [0.2, 0.25) is 11.6 Å². The van der Waals surface area contributed by atoms with Gasteiger partial charge in [0.25, 0.3) is 4.90 Å². The fourth-order valence-corrected chi connectivity index (χ4v) is 4.31. The summed E-state index contributed by atoms with van der Waals surface area (Å²) < 4.78 is 39.2. The molecule has 0 fully saturated rings. The number of fused-ring (bicyclic) bond motifs is 1. The third-order valence-corrected chi connectivity index (χ3v) is 5.71. The van der Waals surface area contributed by atoms with Crippen molar-refractivity contribution < 1.29 is 28.4 Å². The largest absolute Gasteiger partial charge is 0.588 e. The molecule has 2 heterocycles. The maximum absolute atomic E-state index is 13.1. The lowest BCUT2D eigenvalue weighted by atomic mass is 10.1. The zero-order chi connectivity index (χ0) is 22.0. The molecule has 2 N–H and O–H groups in total. The summed E-state index contributed by atoms with van der Waals surface area (Å²) in [5.74, 6) is 0.853. The molecule has 31 heavy (non-hydrogen) atoms. The second-order valence-electron chi connectivity index (χ2n) is 6.43. The summed E-state index contributed by atoms with van der Waals surface area (Å²) in [7, 11) is 4.33. The zero-order valence-electron chi connectivity index (χ0n) is 17.0. The molecule has 0 saturated heterocycles. The Morgan fingerprint density at radius 2 is 1.97 bits per heavy atom. The minimum Gasteiger partial charge on any atom is -0.588 e. The lowest BCUT2D eigenvalue weighted by Gasteiger charge is -2.16. The van der Waals surface area contributed by atoms with Gasteiger partial charge in [-0.3, -0.25) is 4.68 Å². The molecule has 162 valence electrons. The minimum absolute atomic E-state index is 0.0338. The Labute approximate surface area is 180 Å². The van der Waals surface area contributed by atoms with Crippen molar-refractivity contribution >= 4 is 28.1 Å². The molecule has 10 nitrogen and oxygen atoms in total. The first-order chi connectivity index (χ1) is 15.0. The molecule has 0 aliphatic heterocycles. The normalized spacial score (nSPS) is 12.0. The smallest absolute Gasteiger partial charge is 0.267 e. The van der Waals surface area contributed by atoms with Gasteiger partial charge in [-0.1, -0.05) is 5.16 Å². The molecule has 4 aromatic rings. The number of rotatable bonds is 8. The van der Waals surface area contributed by atoms with E-state index in [2.05, 4.69) is 15.0 Å². The fourth-order valence-electron chi connectivity index (χ4n) is 3.20. The van der Waals surface area contributed by atoms with Gasteiger partial charge in [0.15, 0.2) is 17.1 Å².